The Bertz CT molecular complexity index is 705. The Morgan fingerprint density at radius 1 is 1.45 bits per heavy atom. The van der Waals surface area contributed by atoms with Crippen molar-refractivity contribution in [3.8, 4) is 0 Å². The van der Waals surface area contributed by atoms with Crippen LogP contribution in [0.4, 0.5) is 5.82 Å². The first-order valence-corrected chi connectivity index (χ1v) is 7.57. The number of aromatic nitrogens is 2. The van der Waals surface area contributed by atoms with Crippen molar-refractivity contribution in [1.29, 1.82) is 0 Å². The van der Waals surface area contributed by atoms with Crippen LogP contribution in [0.15, 0.2) is 15.7 Å². The van der Waals surface area contributed by atoms with Gasteiger partial charge in [-0.05, 0) is 34.6 Å². The van der Waals surface area contributed by atoms with Gasteiger partial charge in [-0.1, -0.05) is 10.3 Å². The van der Waals surface area contributed by atoms with Crippen LogP contribution in [0.3, 0.4) is 0 Å². The van der Waals surface area contributed by atoms with Crippen LogP contribution >= 0.6 is 11.3 Å². The highest BCUT2D eigenvalue weighted by atomic mass is 32.1. The maximum Gasteiger partial charge on any atom is 0.269 e. The third-order valence-corrected chi connectivity index (χ3v) is 4.01. The lowest BCUT2D eigenvalue weighted by molar-refractivity contribution is -0.126. The molecule has 118 valence electrons. The maximum atomic E-state index is 11.9. The Morgan fingerprint density at radius 2 is 2.18 bits per heavy atom. The zero-order valence-electron chi connectivity index (χ0n) is 13.1. The van der Waals surface area contributed by atoms with Gasteiger partial charge in [0.2, 0.25) is 6.10 Å². The molecule has 0 aromatic carbocycles. The molecule has 0 fully saturated rings. The van der Waals surface area contributed by atoms with Gasteiger partial charge >= 0.3 is 0 Å². The fourth-order valence-electron chi connectivity index (χ4n) is 1.77. The minimum absolute atomic E-state index is 0.345. The Balaban J connectivity index is 1.96. The van der Waals surface area contributed by atoms with E-state index in [0.29, 0.717) is 17.3 Å². The summed E-state index contributed by atoms with van der Waals surface area (Å²) in [5, 5.41) is 11.3. The lowest BCUT2D eigenvalue weighted by Gasteiger charge is -2.09. The predicted molar refractivity (Wildman–Crippen MR) is 84.2 cm³/mol. The SMILES string of the molecule is CC(=NOC(C)C(=O)Nc1cc(C)on1)c1sc(C)nc1C. The van der Waals surface area contributed by atoms with Gasteiger partial charge in [-0.3, -0.25) is 4.79 Å². The second-order valence-electron chi connectivity index (χ2n) is 4.88. The number of carbonyl (C=O) groups is 1. The van der Waals surface area contributed by atoms with E-state index in [2.05, 4.69) is 20.6 Å². The van der Waals surface area contributed by atoms with Gasteiger partial charge in [0.1, 0.15) is 5.76 Å². The highest BCUT2D eigenvalue weighted by Crippen LogP contribution is 2.18. The van der Waals surface area contributed by atoms with Gasteiger partial charge in [0.25, 0.3) is 5.91 Å². The van der Waals surface area contributed by atoms with Crippen molar-refractivity contribution in [2.24, 2.45) is 5.16 Å². The average molecular weight is 322 g/mol. The summed E-state index contributed by atoms with van der Waals surface area (Å²) in [6.07, 6.45) is -0.749. The van der Waals surface area contributed by atoms with E-state index in [1.807, 2.05) is 20.8 Å². The second kappa shape index (κ2) is 6.69. The van der Waals surface area contributed by atoms with E-state index in [1.165, 1.54) is 0 Å². The lowest BCUT2D eigenvalue weighted by atomic mass is 10.3. The number of hydrogen-bond donors (Lipinski definition) is 1. The Morgan fingerprint density at radius 3 is 2.73 bits per heavy atom. The van der Waals surface area contributed by atoms with E-state index < -0.39 is 6.10 Å². The molecule has 0 aliphatic heterocycles. The van der Waals surface area contributed by atoms with Gasteiger partial charge in [-0.25, -0.2) is 4.98 Å². The first kappa shape index (κ1) is 16.2. The molecule has 2 heterocycles. The smallest absolute Gasteiger partial charge is 0.269 e. The van der Waals surface area contributed by atoms with Crippen LogP contribution in [0, 0.1) is 20.8 Å². The molecular formula is C14H18N4O3S. The molecule has 1 unspecified atom stereocenters. The predicted octanol–water partition coefficient (Wildman–Crippen LogP) is 2.82. The topological polar surface area (TPSA) is 89.6 Å². The molecule has 2 aromatic rings. The van der Waals surface area contributed by atoms with Crippen LogP contribution in [-0.4, -0.2) is 27.9 Å². The number of rotatable bonds is 5. The number of carbonyl (C=O) groups excluding carboxylic acids is 1. The number of anilines is 1. The first-order chi connectivity index (χ1) is 10.4. The third-order valence-electron chi connectivity index (χ3n) is 2.83. The van der Waals surface area contributed by atoms with Gasteiger partial charge in [0, 0.05) is 6.07 Å². The molecule has 2 rings (SSSR count). The highest BCUT2D eigenvalue weighted by Gasteiger charge is 2.17. The van der Waals surface area contributed by atoms with E-state index >= 15 is 0 Å². The zero-order chi connectivity index (χ0) is 16.3. The van der Waals surface area contributed by atoms with Crippen molar-refractivity contribution in [1.82, 2.24) is 10.1 Å². The Kier molecular flexibility index (Phi) is 4.92. The summed E-state index contributed by atoms with van der Waals surface area (Å²) in [5.41, 5.74) is 1.60. The van der Waals surface area contributed by atoms with Crippen LogP contribution in [0.1, 0.15) is 35.2 Å². The molecule has 0 saturated heterocycles. The van der Waals surface area contributed by atoms with Crippen LogP contribution in [-0.2, 0) is 9.63 Å². The molecule has 0 saturated carbocycles. The molecule has 0 aliphatic carbocycles. The number of thiazole rings is 1. The van der Waals surface area contributed by atoms with E-state index in [-0.39, 0.29) is 5.91 Å². The molecule has 1 N–H and O–H groups in total. The monoisotopic (exact) mass is 322 g/mol. The minimum Gasteiger partial charge on any atom is -0.382 e. The molecule has 0 bridgehead atoms. The summed E-state index contributed by atoms with van der Waals surface area (Å²) in [5.74, 6) is 0.628. The number of oxime groups is 1. The fraction of sp³-hybridized carbons (Fsp3) is 0.429. The molecule has 7 nitrogen and oxygen atoms in total. The summed E-state index contributed by atoms with van der Waals surface area (Å²) in [4.78, 5) is 22.5. The van der Waals surface area contributed by atoms with E-state index in [1.54, 1.807) is 31.3 Å². The van der Waals surface area contributed by atoms with Gasteiger partial charge < -0.3 is 14.7 Å². The maximum absolute atomic E-state index is 11.9. The normalized spacial score (nSPS) is 13.0. The van der Waals surface area contributed by atoms with Crippen molar-refractivity contribution < 1.29 is 14.2 Å². The van der Waals surface area contributed by atoms with Crippen LogP contribution < -0.4 is 5.32 Å². The highest BCUT2D eigenvalue weighted by molar-refractivity contribution is 7.13. The van der Waals surface area contributed by atoms with Crippen molar-refractivity contribution in [3.63, 3.8) is 0 Å². The third kappa shape index (κ3) is 3.91. The van der Waals surface area contributed by atoms with Crippen molar-refractivity contribution in [3.05, 3.63) is 27.4 Å². The summed E-state index contributed by atoms with van der Waals surface area (Å²) < 4.78 is 4.88. The Labute approximate surface area is 132 Å². The van der Waals surface area contributed by atoms with E-state index in [0.717, 1.165) is 15.6 Å². The van der Waals surface area contributed by atoms with Crippen molar-refractivity contribution >= 4 is 28.8 Å². The van der Waals surface area contributed by atoms with Gasteiger partial charge in [-0.15, -0.1) is 11.3 Å². The summed E-state index contributed by atoms with van der Waals surface area (Å²) >= 11 is 1.54. The van der Waals surface area contributed by atoms with Gasteiger partial charge in [0.15, 0.2) is 5.82 Å². The van der Waals surface area contributed by atoms with Gasteiger partial charge in [-0.2, -0.15) is 0 Å². The summed E-state index contributed by atoms with van der Waals surface area (Å²) in [6.45, 7) is 9.04. The van der Waals surface area contributed by atoms with E-state index in [9.17, 15) is 4.79 Å². The van der Waals surface area contributed by atoms with Crippen LogP contribution in [0.2, 0.25) is 0 Å². The summed E-state index contributed by atoms with van der Waals surface area (Å²) in [7, 11) is 0. The number of aryl methyl sites for hydroxylation is 3. The van der Waals surface area contributed by atoms with Gasteiger partial charge in [0.05, 0.1) is 21.3 Å². The molecule has 1 amide bonds. The molecule has 2 aromatic heterocycles. The van der Waals surface area contributed by atoms with Crippen LogP contribution in [0.5, 0.6) is 0 Å². The fourth-order valence-corrected chi connectivity index (χ4v) is 2.62. The number of nitrogens with one attached hydrogen (secondary N) is 1. The summed E-state index contributed by atoms with van der Waals surface area (Å²) in [6, 6.07) is 1.63. The number of nitrogens with zero attached hydrogens (tertiary/aromatic N) is 3. The largest absolute Gasteiger partial charge is 0.382 e. The zero-order valence-corrected chi connectivity index (χ0v) is 13.9. The van der Waals surface area contributed by atoms with Crippen molar-refractivity contribution in [2.75, 3.05) is 5.32 Å². The molecule has 0 aliphatic rings. The molecule has 22 heavy (non-hydrogen) atoms. The second-order valence-corrected chi connectivity index (χ2v) is 6.09. The molecule has 0 spiro atoms. The quantitative estimate of drug-likeness (QED) is 0.675. The molecule has 8 heteroatoms. The molecule has 0 radical (unpaired) electrons. The lowest BCUT2D eigenvalue weighted by Crippen LogP contribution is -2.26. The average Bonchev–Trinajstić information content (AvgIpc) is 3.01. The molecular weight excluding hydrogens is 304 g/mol. The standard InChI is InChI=1S/C14H18N4O3S/c1-7-6-12(18-20-7)16-14(19)10(4)21-17-9(3)13-8(2)15-11(5)22-13/h6,10H,1-5H3,(H,16,18,19). The Hall–Kier alpha value is -2.22. The molecule has 1 atom stereocenters. The number of hydrogen-bond acceptors (Lipinski definition) is 7. The van der Waals surface area contributed by atoms with E-state index in [4.69, 9.17) is 9.36 Å². The first-order valence-electron chi connectivity index (χ1n) is 6.76. The minimum atomic E-state index is -0.749. The number of amides is 1. The van der Waals surface area contributed by atoms with Crippen LogP contribution in [0.25, 0.3) is 0 Å². The van der Waals surface area contributed by atoms with Crippen molar-refractivity contribution in [2.45, 2.75) is 40.7 Å².